The Balaban J connectivity index is 0.00000576. The molecule has 0 saturated carbocycles. The van der Waals surface area contributed by atoms with Crippen LogP contribution in [-0.4, -0.2) is 39.9 Å². The van der Waals surface area contributed by atoms with Gasteiger partial charge in [-0.25, -0.2) is 4.99 Å². The maximum atomic E-state index is 4.61. The first-order chi connectivity index (χ1) is 11.4. The molecule has 1 unspecified atom stereocenters. The van der Waals surface area contributed by atoms with Crippen molar-refractivity contribution in [2.45, 2.75) is 66.5 Å². The van der Waals surface area contributed by atoms with Gasteiger partial charge >= 0.3 is 0 Å². The van der Waals surface area contributed by atoms with Gasteiger partial charge in [0, 0.05) is 25.6 Å². The van der Waals surface area contributed by atoms with Gasteiger partial charge in [0.2, 0.25) is 0 Å². The predicted octanol–water partition coefficient (Wildman–Crippen LogP) is 3.39. The molecule has 0 aliphatic carbocycles. The van der Waals surface area contributed by atoms with Crippen LogP contribution in [0.5, 0.6) is 0 Å². The van der Waals surface area contributed by atoms with Gasteiger partial charge in [0.15, 0.2) is 5.96 Å². The Bertz CT molecular complexity index is 523. The smallest absolute Gasteiger partial charge is 0.191 e. The van der Waals surface area contributed by atoms with Crippen molar-refractivity contribution >= 4 is 29.9 Å². The first kappa shape index (κ1) is 23.9. The fraction of sp³-hybridized carbons (Fsp3) is 0.722. The predicted molar refractivity (Wildman–Crippen MR) is 117 cm³/mol. The van der Waals surface area contributed by atoms with Crippen LogP contribution >= 0.6 is 24.0 Å². The largest absolute Gasteiger partial charge is 0.355 e. The Morgan fingerprint density at radius 2 is 2.04 bits per heavy atom. The van der Waals surface area contributed by atoms with E-state index in [9.17, 15) is 0 Å². The SMILES string of the molecule is C=C(C)CN=C(NCCn1cnnc1CC)NC(C)CCC(C)C.I. The molecule has 0 amide bonds. The maximum Gasteiger partial charge on any atom is 0.191 e. The van der Waals surface area contributed by atoms with Crippen LogP contribution in [0.4, 0.5) is 0 Å². The highest BCUT2D eigenvalue weighted by molar-refractivity contribution is 14.0. The van der Waals surface area contributed by atoms with Crippen LogP contribution in [0.2, 0.25) is 0 Å². The number of hydrogen-bond donors (Lipinski definition) is 2. The number of nitrogens with zero attached hydrogens (tertiary/aromatic N) is 4. The van der Waals surface area contributed by atoms with Crippen molar-refractivity contribution in [3.05, 3.63) is 24.3 Å². The average Bonchev–Trinajstić information content (AvgIpc) is 2.97. The minimum absolute atomic E-state index is 0. The van der Waals surface area contributed by atoms with Gasteiger partial charge in [0.05, 0.1) is 6.54 Å². The first-order valence-electron chi connectivity index (χ1n) is 8.98. The molecule has 0 radical (unpaired) electrons. The normalized spacial score (nSPS) is 12.6. The molecule has 1 atom stereocenters. The Labute approximate surface area is 170 Å². The van der Waals surface area contributed by atoms with E-state index < -0.39 is 0 Å². The van der Waals surface area contributed by atoms with Crippen LogP contribution < -0.4 is 10.6 Å². The molecular weight excluding hydrogens is 427 g/mol. The van der Waals surface area contributed by atoms with Crippen molar-refractivity contribution in [2.24, 2.45) is 10.9 Å². The number of aliphatic imine (C=N–C) groups is 1. The summed E-state index contributed by atoms with van der Waals surface area (Å²) in [5.41, 5.74) is 1.05. The molecule has 1 aromatic rings. The van der Waals surface area contributed by atoms with Crippen molar-refractivity contribution in [3.63, 3.8) is 0 Å². The van der Waals surface area contributed by atoms with Gasteiger partial charge < -0.3 is 15.2 Å². The third-order valence-electron chi connectivity index (χ3n) is 3.72. The molecule has 0 spiro atoms. The minimum Gasteiger partial charge on any atom is -0.355 e. The molecule has 0 aliphatic heterocycles. The summed E-state index contributed by atoms with van der Waals surface area (Å²) < 4.78 is 2.07. The van der Waals surface area contributed by atoms with Gasteiger partial charge in [-0.15, -0.1) is 34.2 Å². The number of guanidine groups is 1. The summed E-state index contributed by atoms with van der Waals surface area (Å²) in [6, 6.07) is 0.393. The fourth-order valence-electron chi connectivity index (χ4n) is 2.29. The lowest BCUT2D eigenvalue weighted by Crippen LogP contribution is -2.43. The Kier molecular flexibility index (Phi) is 12.5. The Morgan fingerprint density at radius 3 is 2.64 bits per heavy atom. The summed E-state index contributed by atoms with van der Waals surface area (Å²) in [5.74, 6) is 2.58. The zero-order valence-electron chi connectivity index (χ0n) is 16.4. The van der Waals surface area contributed by atoms with E-state index in [1.807, 2.05) is 6.92 Å². The Morgan fingerprint density at radius 1 is 1.32 bits per heavy atom. The molecule has 144 valence electrons. The summed E-state index contributed by atoms with van der Waals surface area (Å²) in [5, 5.41) is 15.0. The highest BCUT2D eigenvalue weighted by atomic mass is 127. The minimum atomic E-state index is 0. The molecule has 0 aromatic carbocycles. The lowest BCUT2D eigenvalue weighted by atomic mass is 10.0. The molecule has 1 rings (SSSR count). The zero-order chi connectivity index (χ0) is 17.9. The van der Waals surface area contributed by atoms with Crippen molar-refractivity contribution in [1.82, 2.24) is 25.4 Å². The van der Waals surface area contributed by atoms with Crippen LogP contribution in [-0.2, 0) is 13.0 Å². The number of halogens is 1. The van der Waals surface area contributed by atoms with Crippen LogP contribution in [0, 0.1) is 5.92 Å². The van der Waals surface area contributed by atoms with Gasteiger partial charge in [-0.1, -0.05) is 32.9 Å². The van der Waals surface area contributed by atoms with E-state index in [1.165, 1.54) is 6.42 Å². The molecule has 2 N–H and O–H groups in total. The number of aromatic nitrogens is 3. The second kappa shape index (κ2) is 13.1. The molecule has 1 heterocycles. The lowest BCUT2D eigenvalue weighted by molar-refractivity contribution is 0.488. The maximum absolute atomic E-state index is 4.61. The standard InChI is InChI=1S/C18H34N6.HI/c1-7-17-23-21-13-24(17)11-10-19-18(20-12-15(4)5)22-16(6)9-8-14(2)3;/h13-14,16H,4,7-12H2,1-3,5-6H3,(H2,19,20,22);1H. The van der Waals surface area contributed by atoms with E-state index in [4.69, 9.17) is 0 Å². The van der Waals surface area contributed by atoms with Crippen LogP contribution in [0.3, 0.4) is 0 Å². The summed E-state index contributed by atoms with van der Waals surface area (Å²) in [7, 11) is 0. The molecule has 25 heavy (non-hydrogen) atoms. The Hall–Kier alpha value is -1.12. The second-order valence-electron chi connectivity index (χ2n) is 6.86. The molecule has 0 saturated heterocycles. The summed E-state index contributed by atoms with van der Waals surface area (Å²) in [6.45, 7) is 17.0. The molecule has 7 heteroatoms. The number of rotatable bonds is 10. The molecule has 0 aliphatic rings. The number of aryl methyl sites for hydroxylation is 1. The summed E-state index contributed by atoms with van der Waals surface area (Å²) in [4.78, 5) is 4.61. The molecule has 0 fully saturated rings. The van der Waals surface area contributed by atoms with Gasteiger partial charge in [-0.05, 0) is 32.6 Å². The third kappa shape index (κ3) is 10.5. The van der Waals surface area contributed by atoms with Gasteiger partial charge in [0.1, 0.15) is 12.2 Å². The van der Waals surface area contributed by atoms with E-state index in [2.05, 4.69) is 64.7 Å². The van der Waals surface area contributed by atoms with Crippen molar-refractivity contribution in [2.75, 3.05) is 13.1 Å². The van der Waals surface area contributed by atoms with E-state index in [0.29, 0.717) is 12.6 Å². The monoisotopic (exact) mass is 462 g/mol. The molecule has 0 bridgehead atoms. The second-order valence-corrected chi connectivity index (χ2v) is 6.86. The third-order valence-corrected chi connectivity index (χ3v) is 3.72. The molecule has 6 nitrogen and oxygen atoms in total. The highest BCUT2D eigenvalue weighted by Gasteiger charge is 2.07. The van der Waals surface area contributed by atoms with Crippen molar-refractivity contribution in [3.8, 4) is 0 Å². The topological polar surface area (TPSA) is 67.1 Å². The number of hydrogen-bond acceptors (Lipinski definition) is 3. The highest BCUT2D eigenvalue weighted by Crippen LogP contribution is 2.06. The summed E-state index contributed by atoms with van der Waals surface area (Å²) in [6.07, 6.45) is 5.02. The van der Waals surface area contributed by atoms with Crippen molar-refractivity contribution in [1.29, 1.82) is 0 Å². The first-order valence-corrected chi connectivity index (χ1v) is 8.98. The van der Waals surface area contributed by atoms with Gasteiger partial charge in [-0.3, -0.25) is 0 Å². The van der Waals surface area contributed by atoms with Gasteiger partial charge in [-0.2, -0.15) is 0 Å². The van der Waals surface area contributed by atoms with Crippen LogP contribution in [0.15, 0.2) is 23.5 Å². The van der Waals surface area contributed by atoms with E-state index in [1.54, 1.807) is 6.33 Å². The quantitative estimate of drug-likeness (QED) is 0.242. The van der Waals surface area contributed by atoms with Gasteiger partial charge in [0.25, 0.3) is 0 Å². The molecular formula is C18H35IN6. The zero-order valence-corrected chi connectivity index (χ0v) is 18.7. The lowest BCUT2D eigenvalue weighted by Gasteiger charge is -2.19. The van der Waals surface area contributed by atoms with E-state index in [-0.39, 0.29) is 24.0 Å². The number of nitrogens with one attached hydrogen (secondary N) is 2. The average molecular weight is 462 g/mol. The molecule has 1 aromatic heterocycles. The van der Waals surface area contributed by atoms with E-state index in [0.717, 1.165) is 49.2 Å². The van der Waals surface area contributed by atoms with Crippen LogP contribution in [0.1, 0.15) is 53.3 Å². The fourth-order valence-corrected chi connectivity index (χ4v) is 2.29. The van der Waals surface area contributed by atoms with Crippen molar-refractivity contribution < 1.29 is 0 Å². The summed E-state index contributed by atoms with van der Waals surface area (Å²) >= 11 is 0. The van der Waals surface area contributed by atoms with Crippen LogP contribution in [0.25, 0.3) is 0 Å². The van der Waals surface area contributed by atoms with E-state index >= 15 is 0 Å².